The Hall–Kier alpha value is -0.610. The van der Waals surface area contributed by atoms with Gasteiger partial charge < -0.3 is 10.6 Å². The third kappa shape index (κ3) is 1.55. The molecular weight excluding hydrogens is 218 g/mol. The van der Waals surface area contributed by atoms with Crippen LogP contribution in [0, 0.1) is 12.8 Å². The molecule has 2 heterocycles. The van der Waals surface area contributed by atoms with E-state index in [9.17, 15) is 0 Å². The summed E-state index contributed by atoms with van der Waals surface area (Å²) >= 11 is 1.79. The van der Waals surface area contributed by atoms with Gasteiger partial charge in [-0.3, -0.25) is 0 Å². The molecule has 88 valence electrons. The van der Waals surface area contributed by atoms with E-state index >= 15 is 0 Å². The van der Waals surface area contributed by atoms with Crippen molar-refractivity contribution in [3.05, 3.63) is 10.6 Å². The minimum atomic E-state index is 0.117. The Morgan fingerprint density at radius 2 is 2.31 bits per heavy atom. The summed E-state index contributed by atoms with van der Waals surface area (Å²) in [5.41, 5.74) is 7.08. The van der Waals surface area contributed by atoms with Crippen LogP contribution in [0.15, 0.2) is 0 Å². The molecule has 2 N–H and O–H groups in total. The number of rotatable bonds is 2. The second-order valence-corrected chi connectivity index (χ2v) is 6.23. The Labute approximate surface area is 101 Å². The Balaban J connectivity index is 1.87. The summed E-state index contributed by atoms with van der Waals surface area (Å²) < 4.78 is 0. The van der Waals surface area contributed by atoms with Gasteiger partial charge in [-0.05, 0) is 39.0 Å². The maximum atomic E-state index is 5.95. The lowest BCUT2D eigenvalue weighted by molar-refractivity contribution is 0.553. The number of hydrogen-bond acceptors (Lipinski definition) is 4. The van der Waals surface area contributed by atoms with Crippen LogP contribution in [-0.2, 0) is 0 Å². The third-order valence-electron chi connectivity index (χ3n) is 3.89. The van der Waals surface area contributed by atoms with Crippen molar-refractivity contribution in [2.24, 2.45) is 11.7 Å². The van der Waals surface area contributed by atoms with Crippen LogP contribution in [-0.4, -0.2) is 17.6 Å². The molecule has 2 fully saturated rings. The van der Waals surface area contributed by atoms with Crippen LogP contribution in [0.25, 0.3) is 0 Å². The van der Waals surface area contributed by atoms with Crippen molar-refractivity contribution in [3.8, 4) is 0 Å². The zero-order chi connectivity index (χ0) is 11.3. The number of aryl methyl sites for hydroxylation is 1. The molecule has 1 aliphatic heterocycles. The van der Waals surface area contributed by atoms with Gasteiger partial charge in [-0.2, -0.15) is 0 Å². The van der Waals surface area contributed by atoms with Crippen molar-refractivity contribution in [2.45, 2.75) is 45.2 Å². The predicted octanol–water partition coefficient (Wildman–Crippen LogP) is 2.46. The van der Waals surface area contributed by atoms with Gasteiger partial charge in [0, 0.05) is 23.5 Å². The van der Waals surface area contributed by atoms with Gasteiger partial charge in [0.25, 0.3) is 0 Å². The fourth-order valence-electron chi connectivity index (χ4n) is 3.10. The maximum Gasteiger partial charge on any atom is 0.186 e. The molecule has 2 aliphatic rings. The third-order valence-corrected chi connectivity index (χ3v) is 5.29. The zero-order valence-electron chi connectivity index (χ0n) is 9.94. The molecule has 1 aliphatic carbocycles. The quantitative estimate of drug-likeness (QED) is 0.859. The zero-order valence-corrected chi connectivity index (χ0v) is 10.8. The van der Waals surface area contributed by atoms with Crippen LogP contribution >= 0.6 is 11.3 Å². The molecule has 2 bridgehead atoms. The highest BCUT2D eigenvalue weighted by Gasteiger charge is 2.39. The van der Waals surface area contributed by atoms with E-state index in [0.29, 0.717) is 0 Å². The molecule has 1 aromatic heterocycles. The fourth-order valence-corrected chi connectivity index (χ4v) is 4.20. The van der Waals surface area contributed by atoms with Crippen LogP contribution < -0.4 is 10.6 Å². The molecule has 0 radical (unpaired) electrons. The molecule has 0 amide bonds. The second kappa shape index (κ2) is 3.70. The fraction of sp³-hybridized carbons (Fsp3) is 0.750. The van der Waals surface area contributed by atoms with Gasteiger partial charge in [0.05, 0.1) is 5.69 Å². The Bertz CT molecular complexity index is 399. The molecule has 1 aromatic rings. The maximum absolute atomic E-state index is 5.95. The average Bonchev–Trinajstić information content (AvgIpc) is 2.89. The van der Waals surface area contributed by atoms with Crippen LogP contribution in [0.4, 0.5) is 5.13 Å². The van der Waals surface area contributed by atoms with Crippen molar-refractivity contribution in [3.63, 3.8) is 0 Å². The second-order valence-electron chi connectivity index (χ2n) is 5.22. The number of nitrogens with two attached hydrogens (primary N) is 1. The SMILES string of the molecule is Cc1nc(N2CC3CCC2C3)sc1C(C)N. The van der Waals surface area contributed by atoms with Gasteiger partial charge in [-0.15, -0.1) is 11.3 Å². The first-order valence-corrected chi connectivity index (χ1v) is 6.96. The summed E-state index contributed by atoms with van der Waals surface area (Å²) in [6.45, 7) is 5.34. The first-order valence-electron chi connectivity index (χ1n) is 6.14. The van der Waals surface area contributed by atoms with Gasteiger partial charge in [0.1, 0.15) is 0 Å². The van der Waals surface area contributed by atoms with Gasteiger partial charge in [-0.25, -0.2) is 4.98 Å². The van der Waals surface area contributed by atoms with Crippen molar-refractivity contribution in [1.82, 2.24) is 4.98 Å². The largest absolute Gasteiger partial charge is 0.345 e. The molecular formula is C12H19N3S. The van der Waals surface area contributed by atoms with E-state index in [1.165, 1.54) is 35.8 Å². The molecule has 1 saturated heterocycles. The summed E-state index contributed by atoms with van der Waals surface area (Å²) in [6, 6.07) is 0.877. The number of nitrogens with zero attached hydrogens (tertiary/aromatic N) is 2. The first-order chi connectivity index (χ1) is 7.65. The van der Waals surface area contributed by atoms with Crippen LogP contribution in [0.5, 0.6) is 0 Å². The molecule has 4 heteroatoms. The van der Waals surface area contributed by atoms with Crippen molar-refractivity contribution in [1.29, 1.82) is 0 Å². The lowest BCUT2D eigenvalue weighted by Crippen LogP contribution is -2.31. The number of piperidine rings is 1. The minimum Gasteiger partial charge on any atom is -0.345 e. The number of fused-ring (bicyclic) bond motifs is 2. The van der Waals surface area contributed by atoms with E-state index in [0.717, 1.165) is 17.7 Å². The molecule has 0 aromatic carbocycles. The standard InChI is InChI=1S/C12H19N3S/c1-7(13)11-8(2)14-12(16-11)15-6-9-3-4-10(15)5-9/h7,9-10H,3-6,13H2,1-2H3. The lowest BCUT2D eigenvalue weighted by Gasteiger charge is -2.26. The summed E-state index contributed by atoms with van der Waals surface area (Å²) in [5, 5.41) is 1.21. The monoisotopic (exact) mass is 237 g/mol. The van der Waals surface area contributed by atoms with Gasteiger partial charge >= 0.3 is 0 Å². The average molecular weight is 237 g/mol. The lowest BCUT2D eigenvalue weighted by atomic mass is 10.1. The summed E-state index contributed by atoms with van der Waals surface area (Å²) in [7, 11) is 0. The summed E-state index contributed by atoms with van der Waals surface area (Å²) in [6.07, 6.45) is 4.16. The molecule has 16 heavy (non-hydrogen) atoms. The van der Waals surface area contributed by atoms with Crippen LogP contribution in [0.3, 0.4) is 0 Å². The molecule has 3 nitrogen and oxygen atoms in total. The minimum absolute atomic E-state index is 0.117. The predicted molar refractivity (Wildman–Crippen MR) is 67.9 cm³/mol. The smallest absolute Gasteiger partial charge is 0.186 e. The van der Waals surface area contributed by atoms with Gasteiger partial charge in [-0.1, -0.05) is 0 Å². The highest BCUT2D eigenvalue weighted by atomic mass is 32.1. The molecule has 3 rings (SSSR count). The van der Waals surface area contributed by atoms with E-state index < -0.39 is 0 Å². The van der Waals surface area contributed by atoms with E-state index in [4.69, 9.17) is 10.7 Å². The summed E-state index contributed by atoms with van der Waals surface area (Å²) in [5.74, 6) is 0.924. The van der Waals surface area contributed by atoms with Crippen molar-refractivity contribution < 1.29 is 0 Å². The van der Waals surface area contributed by atoms with E-state index in [1.807, 2.05) is 6.92 Å². The first kappa shape index (κ1) is 10.5. The normalized spacial score (nSPS) is 30.1. The Morgan fingerprint density at radius 1 is 1.50 bits per heavy atom. The Morgan fingerprint density at radius 3 is 2.81 bits per heavy atom. The number of thiazole rings is 1. The highest BCUT2D eigenvalue weighted by molar-refractivity contribution is 7.15. The van der Waals surface area contributed by atoms with E-state index in [1.54, 1.807) is 11.3 Å². The van der Waals surface area contributed by atoms with Crippen molar-refractivity contribution in [2.75, 3.05) is 11.4 Å². The van der Waals surface area contributed by atoms with E-state index in [-0.39, 0.29) is 6.04 Å². The molecule has 0 spiro atoms. The van der Waals surface area contributed by atoms with Gasteiger partial charge in [0.15, 0.2) is 5.13 Å². The molecule has 3 unspecified atom stereocenters. The summed E-state index contributed by atoms with van der Waals surface area (Å²) in [4.78, 5) is 8.46. The van der Waals surface area contributed by atoms with Crippen molar-refractivity contribution >= 4 is 16.5 Å². The number of hydrogen-bond donors (Lipinski definition) is 1. The number of aromatic nitrogens is 1. The molecule has 3 atom stereocenters. The Kier molecular flexibility index (Phi) is 2.44. The van der Waals surface area contributed by atoms with Crippen LogP contribution in [0.1, 0.15) is 42.8 Å². The molecule has 1 saturated carbocycles. The van der Waals surface area contributed by atoms with Crippen LogP contribution in [0.2, 0.25) is 0 Å². The highest BCUT2D eigenvalue weighted by Crippen LogP contribution is 2.42. The van der Waals surface area contributed by atoms with Gasteiger partial charge in [0.2, 0.25) is 0 Å². The topological polar surface area (TPSA) is 42.2 Å². The number of anilines is 1. The van der Waals surface area contributed by atoms with E-state index in [2.05, 4.69) is 11.8 Å².